The maximum atomic E-state index is 12.5. The SMILES string of the molecule is Cc1cccc(NC(=O)CCCN2C(=O)/C(=C/c3cccs3)SC2=S)c1. The van der Waals surface area contributed by atoms with E-state index in [4.69, 9.17) is 12.2 Å². The number of nitrogens with zero attached hydrogens (tertiary/aromatic N) is 1. The molecule has 1 aromatic heterocycles. The fraction of sp³-hybridized carbons (Fsp3) is 0.211. The van der Waals surface area contributed by atoms with Crippen LogP contribution >= 0.6 is 35.3 Å². The van der Waals surface area contributed by atoms with Crippen LogP contribution < -0.4 is 5.32 Å². The average Bonchev–Trinajstić information content (AvgIpc) is 3.19. The molecular formula is C19H18N2O2S3. The Morgan fingerprint density at radius 1 is 1.31 bits per heavy atom. The molecule has 4 nitrogen and oxygen atoms in total. The third kappa shape index (κ3) is 4.81. The van der Waals surface area contributed by atoms with Gasteiger partial charge in [-0.3, -0.25) is 14.5 Å². The molecule has 2 heterocycles. The maximum absolute atomic E-state index is 12.5. The van der Waals surface area contributed by atoms with Crippen molar-refractivity contribution in [3.8, 4) is 0 Å². The lowest BCUT2D eigenvalue weighted by Crippen LogP contribution is -2.29. The summed E-state index contributed by atoms with van der Waals surface area (Å²) >= 11 is 8.22. The Kier molecular flexibility index (Phi) is 6.24. The van der Waals surface area contributed by atoms with Crippen LogP contribution in [0.2, 0.25) is 0 Å². The molecule has 1 saturated heterocycles. The van der Waals surface area contributed by atoms with Crippen LogP contribution in [0.15, 0.2) is 46.7 Å². The van der Waals surface area contributed by atoms with Crippen molar-refractivity contribution < 1.29 is 9.59 Å². The monoisotopic (exact) mass is 402 g/mol. The van der Waals surface area contributed by atoms with Crippen LogP contribution in [0, 0.1) is 6.92 Å². The van der Waals surface area contributed by atoms with Gasteiger partial charge in [-0.2, -0.15) is 0 Å². The molecule has 0 aliphatic carbocycles. The number of amides is 2. The van der Waals surface area contributed by atoms with E-state index in [9.17, 15) is 9.59 Å². The number of carbonyl (C=O) groups excluding carboxylic acids is 2. The lowest BCUT2D eigenvalue weighted by atomic mass is 10.2. The number of hydrogen-bond donors (Lipinski definition) is 1. The van der Waals surface area contributed by atoms with Crippen LogP contribution in [0.25, 0.3) is 6.08 Å². The summed E-state index contributed by atoms with van der Waals surface area (Å²) in [7, 11) is 0. The van der Waals surface area contributed by atoms with Gasteiger partial charge in [0.15, 0.2) is 0 Å². The molecule has 2 amide bonds. The minimum atomic E-state index is -0.0764. The fourth-order valence-electron chi connectivity index (χ4n) is 2.54. The van der Waals surface area contributed by atoms with Crippen LogP contribution in [-0.4, -0.2) is 27.6 Å². The summed E-state index contributed by atoms with van der Waals surface area (Å²) in [6, 6.07) is 11.6. The molecule has 1 aliphatic heterocycles. The number of nitrogens with one attached hydrogen (secondary N) is 1. The van der Waals surface area contributed by atoms with Crippen molar-refractivity contribution >= 4 is 63.2 Å². The van der Waals surface area contributed by atoms with Gasteiger partial charge in [0.25, 0.3) is 5.91 Å². The van der Waals surface area contributed by atoms with E-state index >= 15 is 0 Å². The summed E-state index contributed by atoms with van der Waals surface area (Å²) in [5.41, 5.74) is 1.89. The largest absolute Gasteiger partial charge is 0.326 e. The first kappa shape index (κ1) is 18.8. The molecule has 1 fully saturated rings. The second-order valence-electron chi connectivity index (χ2n) is 5.87. The summed E-state index contributed by atoms with van der Waals surface area (Å²) in [5.74, 6) is -0.136. The van der Waals surface area contributed by atoms with Crippen LogP contribution in [0.3, 0.4) is 0 Å². The van der Waals surface area contributed by atoms with Gasteiger partial charge in [-0.05, 0) is 48.6 Å². The second-order valence-corrected chi connectivity index (χ2v) is 8.53. The van der Waals surface area contributed by atoms with Gasteiger partial charge in [0.2, 0.25) is 5.91 Å². The van der Waals surface area contributed by atoms with Crippen LogP contribution in [-0.2, 0) is 9.59 Å². The Hall–Kier alpha value is -1.96. The molecule has 0 bridgehead atoms. The first-order chi connectivity index (χ1) is 12.5. The number of thiophene rings is 1. The van der Waals surface area contributed by atoms with E-state index in [-0.39, 0.29) is 11.8 Å². The van der Waals surface area contributed by atoms with Gasteiger partial charge in [0.05, 0.1) is 4.91 Å². The minimum absolute atomic E-state index is 0.0600. The normalized spacial score (nSPS) is 15.7. The Morgan fingerprint density at radius 3 is 2.88 bits per heavy atom. The number of aryl methyl sites for hydroxylation is 1. The fourth-order valence-corrected chi connectivity index (χ4v) is 4.57. The van der Waals surface area contributed by atoms with Gasteiger partial charge in [0, 0.05) is 23.5 Å². The molecule has 26 heavy (non-hydrogen) atoms. The third-order valence-electron chi connectivity index (χ3n) is 3.78. The zero-order valence-electron chi connectivity index (χ0n) is 14.2. The highest BCUT2D eigenvalue weighted by Gasteiger charge is 2.31. The number of carbonyl (C=O) groups is 2. The van der Waals surface area contributed by atoms with Gasteiger partial charge in [-0.1, -0.05) is 42.2 Å². The third-order valence-corrected chi connectivity index (χ3v) is 5.97. The predicted molar refractivity (Wildman–Crippen MR) is 113 cm³/mol. The molecule has 7 heteroatoms. The Morgan fingerprint density at radius 2 is 2.15 bits per heavy atom. The molecule has 0 radical (unpaired) electrons. The minimum Gasteiger partial charge on any atom is -0.326 e. The average molecular weight is 403 g/mol. The van der Waals surface area contributed by atoms with Crippen molar-refractivity contribution in [2.75, 3.05) is 11.9 Å². The molecular weight excluding hydrogens is 384 g/mol. The van der Waals surface area contributed by atoms with E-state index in [2.05, 4.69) is 5.32 Å². The van der Waals surface area contributed by atoms with Crippen molar-refractivity contribution in [2.24, 2.45) is 0 Å². The zero-order chi connectivity index (χ0) is 18.5. The number of thioether (sulfide) groups is 1. The smallest absolute Gasteiger partial charge is 0.266 e. The number of benzene rings is 1. The molecule has 3 rings (SSSR count). The second kappa shape index (κ2) is 8.62. The van der Waals surface area contributed by atoms with Crippen molar-refractivity contribution in [3.63, 3.8) is 0 Å². The molecule has 1 N–H and O–H groups in total. The molecule has 134 valence electrons. The van der Waals surface area contributed by atoms with Gasteiger partial charge < -0.3 is 5.32 Å². The maximum Gasteiger partial charge on any atom is 0.266 e. The van der Waals surface area contributed by atoms with Crippen molar-refractivity contribution in [3.05, 3.63) is 57.1 Å². The Balaban J connectivity index is 1.51. The highest BCUT2D eigenvalue weighted by atomic mass is 32.2. The molecule has 1 aromatic carbocycles. The number of thiocarbonyl (C=S) groups is 1. The lowest BCUT2D eigenvalue weighted by Gasteiger charge is -2.14. The highest BCUT2D eigenvalue weighted by molar-refractivity contribution is 8.26. The summed E-state index contributed by atoms with van der Waals surface area (Å²) in [4.78, 5) is 27.8. The van der Waals surface area contributed by atoms with Crippen molar-refractivity contribution in [1.82, 2.24) is 4.90 Å². The van der Waals surface area contributed by atoms with Gasteiger partial charge in [0.1, 0.15) is 4.32 Å². The molecule has 0 unspecified atom stereocenters. The molecule has 1 aliphatic rings. The van der Waals surface area contributed by atoms with E-state index in [1.807, 2.05) is 54.8 Å². The van der Waals surface area contributed by atoms with Crippen LogP contribution in [0.4, 0.5) is 5.69 Å². The summed E-state index contributed by atoms with van der Waals surface area (Å²) in [5, 5.41) is 4.85. The topological polar surface area (TPSA) is 49.4 Å². The molecule has 0 atom stereocenters. The van der Waals surface area contributed by atoms with Crippen LogP contribution in [0.1, 0.15) is 23.3 Å². The van der Waals surface area contributed by atoms with E-state index < -0.39 is 0 Å². The molecule has 0 spiro atoms. The highest BCUT2D eigenvalue weighted by Crippen LogP contribution is 2.33. The Bertz CT molecular complexity index is 859. The van der Waals surface area contributed by atoms with E-state index in [1.54, 1.807) is 16.2 Å². The van der Waals surface area contributed by atoms with Crippen LogP contribution in [0.5, 0.6) is 0 Å². The first-order valence-electron chi connectivity index (χ1n) is 8.18. The van der Waals surface area contributed by atoms with E-state index in [1.165, 1.54) is 11.8 Å². The first-order valence-corrected chi connectivity index (χ1v) is 10.3. The standard InChI is InChI=1S/C19H18N2O2S3/c1-13-5-2-6-14(11-13)20-17(22)8-3-9-21-18(23)16(26-19(21)24)12-15-7-4-10-25-15/h2,4-7,10-12H,3,8-9H2,1H3,(H,20,22)/b16-12-. The Labute approximate surface area is 166 Å². The van der Waals surface area contributed by atoms with E-state index in [0.717, 1.165) is 16.1 Å². The van der Waals surface area contributed by atoms with Gasteiger partial charge >= 0.3 is 0 Å². The number of hydrogen-bond acceptors (Lipinski definition) is 5. The van der Waals surface area contributed by atoms with Crippen molar-refractivity contribution in [2.45, 2.75) is 19.8 Å². The predicted octanol–water partition coefficient (Wildman–Crippen LogP) is 4.68. The lowest BCUT2D eigenvalue weighted by molar-refractivity contribution is -0.122. The zero-order valence-corrected chi connectivity index (χ0v) is 16.7. The summed E-state index contributed by atoms with van der Waals surface area (Å²) in [6.45, 7) is 2.43. The van der Waals surface area contributed by atoms with E-state index in [0.29, 0.717) is 28.6 Å². The van der Waals surface area contributed by atoms with Crippen molar-refractivity contribution in [1.29, 1.82) is 0 Å². The summed E-state index contributed by atoms with van der Waals surface area (Å²) < 4.78 is 0.553. The summed E-state index contributed by atoms with van der Waals surface area (Å²) in [6.07, 6.45) is 2.78. The molecule has 0 saturated carbocycles. The van der Waals surface area contributed by atoms with Gasteiger partial charge in [-0.25, -0.2) is 0 Å². The molecule has 2 aromatic rings. The quantitative estimate of drug-likeness (QED) is 0.563. The van der Waals surface area contributed by atoms with Gasteiger partial charge in [-0.15, -0.1) is 11.3 Å². The number of rotatable bonds is 6. The number of anilines is 1.